The van der Waals surface area contributed by atoms with Crippen LogP contribution in [0.1, 0.15) is 58.2 Å². The molecular weight excluding hydrogens is 373 g/mol. The van der Waals surface area contributed by atoms with Crippen molar-refractivity contribution >= 4 is 19.0 Å². The van der Waals surface area contributed by atoms with Crippen LogP contribution < -0.4 is 4.90 Å². The lowest BCUT2D eigenvalue weighted by molar-refractivity contribution is 0.373. The summed E-state index contributed by atoms with van der Waals surface area (Å²) in [5.41, 5.74) is 3.19. The molecule has 2 rings (SSSR count). The first kappa shape index (κ1) is 22.5. The molecule has 0 spiro atoms. The van der Waals surface area contributed by atoms with Gasteiger partial charge in [0.25, 0.3) is 0 Å². The molecule has 0 aliphatic carbocycles. The van der Waals surface area contributed by atoms with Crippen molar-refractivity contribution < 1.29 is 19.5 Å². The normalized spacial score (nSPS) is 12.9. The molecule has 0 radical (unpaired) electrons. The molecule has 0 bridgehead atoms. The zero-order valence-electron chi connectivity index (χ0n) is 17.8. The largest absolute Gasteiger partial charge is 0.507 e. The highest BCUT2D eigenvalue weighted by atomic mass is 31.2. The van der Waals surface area contributed by atoms with Gasteiger partial charge in [-0.2, -0.15) is 0 Å². The molecule has 2 aromatic rings. The van der Waals surface area contributed by atoms with Crippen LogP contribution in [0.25, 0.3) is 0 Å². The van der Waals surface area contributed by atoms with Crippen molar-refractivity contribution in [2.24, 2.45) is 0 Å². The fourth-order valence-corrected chi connectivity index (χ4v) is 3.91. The van der Waals surface area contributed by atoms with E-state index in [1.807, 2.05) is 84.9 Å². The molecule has 0 atom stereocenters. The monoisotopic (exact) mass is 405 g/mol. The zero-order valence-corrected chi connectivity index (χ0v) is 18.7. The number of phenols is 1. The summed E-state index contributed by atoms with van der Waals surface area (Å²) >= 11 is 0. The van der Waals surface area contributed by atoms with Gasteiger partial charge in [-0.05, 0) is 47.6 Å². The Morgan fingerprint density at radius 3 is 1.79 bits per heavy atom. The van der Waals surface area contributed by atoms with Crippen molar-refractivity contribution in [3.05, 3.63) is 53.1 Å². The second kappa shape index (κ2) is 7.55. The van der Waals surface area contributed by atoms with Gasteiger partial charge in [0.2, 0.25) is 0 Å². The average Bonchev–Trinajstić information content (AvgIpc) is 2.50. The van der Waals surface area contributed by atoms with Crippen LogP contribution in [0.4, 0.5) is 11.4 Å². The second-order valence-electron chi connectivity index (χ2n) is 9.46. The van der Waals surface area contributed by atoms with Crippen molar-refractivity contribution in [1.29, 1.82) is 0 Å². The minimum absolute atomic E-state index is 0.240. The first-order chi connectivity index (χ1) is 12.6. The Kier molecular flexibility index (Phi) is 6.06. The smallest absolute Gasteiger partial charge is 0.345 e. The molecule has 0 heterocycles. The lowest BCUT2D eigenvalue weighted by Gasteiger charge is -2.32. The third kappa shape index (κ3) is 5.38. The van der Waals surface area contributed by atoms with E-state index in [4.69, 9.17) is 0 Å². The standard InChI is InChI=1S/C22H32NO4P/c1-15-9-8-10-16(11-15)23(14-28(25,26)27)17-12-18(21(2,3)4)20(24)19(13-17)22(5,6)7/h8-13,24H,14H2,1-7H3,(H2,25,26,27). The summed E-state index contributed by atoms with van der Waals surface area (Å²) in [6.45, 7) is 14.0. The number of benzene rings is 2. The van der Waals surface area contributed by atoms with Crippen LogP contribution in [0.15, 0.2) is 36.4 Å². The summed E-state index contributed by atoms with van der Waals surface area (Å²) < 4.78 is 11.9. The van der Waals surface area contributed by atoms with Gasteiger partial charge in [-0.3, -0.25) is 4.57 Å². The maximum Gasteiger partial charge on any atom is 0.345 e. The highest BCUT2D eigenvalue weighted by Gasteiger charge is 2.29. The second-order valence-corrected chi connectivity index (χ2v) is 11.1. The van der Waals surface area contributed by atoms with E-state index in [0.29, 0.717) is 11.4 Å². The van der Waals surface area contributed by atoms with Gasteiger partial charge in [-0.15, -0.1) is 0 Å². The molecule has 0 saturated heterocycles. The number of aryl methyl sites for hydroxylation is 1. The topological polar surface area (TPSA) is 81.0 Å². The molecular formula is C22H32NO4P. The maximum absolute atomic E-state index is 11.9. The highest BCUT2D eigenvalue weighted by Crippen LogP contribution is 2.46. The minimum Gasteiger partial charge on any atom is -0.507 e. The maximum atomic E-state index is 11.9. The Morgan fingerprint density at radius 2 is 1.39 bits per heavy atom. The SMILES string of the molecule is Cc1cccc(N(CP(=O)(O)O)c2cc(C(C)(C)C)c(O)c(C(C)(C)C)c2)c1. The number of hydrogen-bond donors (Lipinski definition) is 3. The van der Waals surface area contributed by atoms with Crippen molar-refractivity contribution in [3.8, 4) is 5.75 Å². The molecule has 0 aromatic heterocycles. The molecule has 154 valence electrons. The van der Waals surface area contributed by atoms with E-state index in [-0.39, 0.29) is 16.6 Å². The summed E-state index contributed by atoms with van der Waals surface area (Å²) in [6.07, 6.45) is -0.436. The lowest BCUT2D eigenvalue weighted by Crippen LogP contribution is -2.22. The van der Waals surface area contributed by atoms with Crippen molar-refractivity contribution in [3.63, 3.8) is 0 Å². The van der Waals surface area contributed by atoms with Crippen LogP contribution in [0.5, 0.6) is 5.75 Å². The van der Waals surface area contributed by atoms with Crippen molar-refractivity contribution in [2.75, 3.05) is 11.2 Å². The molecule has 0 aliphatic rings. The predicted octanol–water partition coefficient (Wildman–Crippen LogP) is 5.57. The van der Waals surface area contributed by atoms with Crippen LogP contribution >= 0.6 is 7.60 Å². The van der Waals surface area contributed by atoms with Gasteiger partial charge in [-0.25, -0.2) is 0 Å². The third-order valence-corrected chi connectivity index (χ3v) is 5.31. The molecule has 6 heteroatoms. The van der Waals surface area contributed by atoms with Gasteiger partial charge < -0.3 is 19.8 Å². The number of nitrogens with zero attached hydrogens (tertiary/aromatic N) is 1. The van der Waals surface area contributed by atoms with E-state index in [1.165, 1.54) is 0 Å². The third-order valence-electron chi connectivity index (χ3n) is 4.66. The minimum atomic E-state index is -4.33. The summed E-state index contributed by atoms with van der Waals surface area (Å²) in [5, 5.41) is 10.9. The van der Waals surface area contributed by atoms with E-state index >= 15 is 0 Å². The molecule has 3 N–H and O–H groups in total. The molecule has 28 heavy (non-hydrogen) atoms. The van der Waals surface area contributed by atoms with Crippen LogP contribution in [0.2, 0.25) is 0 Å². The van der Waals surface area contributed by atoms with Gasteiger partial charge in [0, 0.05) is 22.5 Å². The van der Waals surface area contributed by atoms with Gasteiger partial charge >= 0.3 is 7.60 Å². The number of hydrogen-bond acceptors (Lipinski definition) is 3. The quantitative estimate of drug-likeness (QED) is 0.580. The summed E-state index contributed by atoms with van der Waals surface area (Å²) in [7, 11) is -4.33. The van der Waals surface area contributed by atoms with E-state index in [2.05, 4.69) is 0 Å². The summed E-state index contributed by atoms with van der Waals surface area (Å²) in [6, 6.07) is 11.2. The summed E-state index contributed by atoms with van der Waals surface area (Å²) in [5.74, 6) is 0.240. The van der Waals surface area contributed by atoms with E-state index in [0.717, 1.165) is 16.7 Å². The van der Waals surface area contributed by atoms with E-state index in [1.54, 1.807) is 4.90 Å². The van der Waals surface area contributed by atoms with Gasteiger partial charge in [-0.1, -0.05) is 53.7 Å². The number of aromatic hydroxyl groups is 1. The number of phenolic OH excluding ortho intramolecular Hbond substituents is 1. The molecule has 0 saturated carbocycles. The van der Waals surface area contributed by atoms with Gasteiger partial charge in [0.05, 0.1) is 0 Å². The highest BCUT2D eigenvalue weighted by molar-refractivity contribution is 7.51. The molecule has 0 amide bonds. The van der Waals surface area contributed by atoms with Gasteiger partial charge in [0.15, 0.2) is 0 Å². The van der Waals surface area contributed by atoms with Crippen molar-refractivity contribution in [1.82, 2.24) is 0 Å². The average molecular weight is 405 g/mol. The van der Waals surface area contributed by atoms with Crippen LogP contribution in [0.3, 0.4) is 0 Å². The van der Waals surface area contributed by atoms with Crippen molar-refractivity contribution in [2.45, 2.75) is 59.3 Å². The molecule has 0 aliphatic heterocycles. The van der Waals surface area contributed by atoms with Gasteiger partial charge in [0.1, 0.15) is 12.0 Å². The molecule has 0 fully saturated rings. The van der Waals surface area contributed by atoms with Crippen LogP contribution in [0, 0.1) is 6.92 Å². The molecule has 5 nitrogen and oxygen atoms in total. The Balaban J connectivity index is 2.80. The zero-order chi connectivity index (χ0) is 21.5. The predicted molar refractivity (Wildman–Crippen MR) is 116 cm³/mol. The Hall–Kier alpha value is -1.81. The Labute approximate surface area is 168 Å². The Morgan fingerprint density at radius 1 is 0.893 bits per heavy atom. The lowest BCUT2D eigenvalue weighted by atomic mass is 9.79. The first-order valence-electron chi connectivity index (χ1n) is 9.36. The molecule has 2 aromatic carbocycles. The van der Waals surface area contributed by atoms with Crippen LogP contribution in [-0.4, -0.2) is 21.2 Å². The Bertz CT molecular complexity index is 868. The first-order valence-corrected chi connectivity index (χ1v) is 11.2. The number of anilines is 2. The van der Waals surface area contributed by atoms with E-state index in [9.17, 15) is 19.5 Å². The fourth-order valence-electron chi connectivity index (χ4n) is 3.21. The van der Waals surface area contributed by atoms with E-state index < -0.39 is 13.9 Å². The molecule has 0 unspecified atom stereocenters. The fraction of sp³-hybridized carbons (Fsp3) is 0.455. The van der Waals surface area contributed by atoms with Crippen LogP contribution in [-0.2, 0) is 15.4 Å². The number of rotatable bonds is 4. The summed E-state index contributed by atoms with van der Waals surface area (Å²) in [4.78, 5) is 21.1.